The molecule has 20 heavy (non-hydrogen) atoms. The Hall–Kier alpha value is -0.960. The van der Waals surface area contributed by atoms with Gasteiger partial charge >= 0.3 is 5.97 Å². The zero-order chi connectivity index (χ0) is 14.9. The van der Waals surface area contributed by atoms with E-state index in [0.717, 1.165) is 0 Å². The number of carboxylic acids is 1. The van der Waals surface area contributed by atoms with Crippen molar-refractivity contribution in [2.45, 2.75) is 17.9 Å². The zero-order valence-corrected chi connectivity index (χ0v) is 13.1. The normalized spacial score (nSPS) is 20.8. The number of halogens is 1. The highest BCUT2D eigenvalue weighted by Crippen LogP contribution is 2.27. The van der Waals surface area contributed by atoms with Gasteiger partial charge in [0.05, 0.1) is 23.2 Å². The molecule has 0 spiro atoms. The number of carboxylic acid groups (broad SMARTS) is 1. The van der Waals surface area contributed by atoms with Crippen molar-refractivity contribution in [3.05, 3.63) is 28.2 Å². The number of ether oxygens (including phenoxy) is 1. The molecule has 0 radical (unpaired) electrons. The standard InChI is InChI=1S/C12H14BrNO5S/c1-8-7-14(4-5-19-8)20(17,18)11-3-2-9(12(15)16)6-10(11)13/h2-3,6,8H,4-5,7H2,1H3,(H,15,16). The van der Waals surface area contributed by atoms with E-state index < -0.39 is 16.0 Å². The largest absolute Gasteiger partial charge is 0.478 e. The van der Waals surface area contributed by atoms with Crippen LogP contribution in [0.15, 0.2) is 27.6 Å². The molecule has 0 saturated carbocycles. The summed E-state index contributed by atoms with van der Waals surface area (Å²) < 4.78 is 32.0. The molecule has 1 aromatic carbocycles. The molecule has 0 bridgehead atoms. The summed E-state index contributed by atoms with van der Waals surface area (Å²) in [5, 5.41) is 8.89. The molecular weight excluding hydrogens is 350 g/mol. The summed E-state index contributed by atoms with van der Waals surface area (Å²) in [6.45, 7) is 2.74. The molecule has 1 N–H and O–H groups in total. The van der Waals surface area contributed by atoms with Crippen molar-refractivity contribution >= 4 is 31.9 Å². The lowest BCUT2D eigenvalue weighted by Gasteiger charge is -2.30. The molecule has 110 valence electrons. The highest BCUT2D eigenvalue weighted by molar-refractivity contribution is 9.10. The predicted molar refractivity (Wildman–Crippen MR) is 75.3 cm³/mol. The van der Waals surface area contributed by atoms with Crippen molar-refractivity contribution in [2.75, 3.05) is 19.7 Å². The smallest absolute Gasteiger partial charge is 0.335 e. The minimum atomic E-state index is -3.65. The number of morpholine rings is 1. The molecule has 1 aromatic rings. The lowest BCUT2D eigenvalue weighted by molar-refractivity contribution is 0.0102. The van der Waals surface area contributed by atoms with Crippen LogP contribution in [-0.2, 0) is 14.8 Å². The number of benzene rings is 1. The van der Waals surface area contributed by atoms with Gasteiger partial charge in [0.2, 0.25) is 10.0 Å². The Morgan fingerprint density at radius 3 is 2.75 bits per heavy atom. The molecule has 0 amide bonds. The maximum atomic E-state index is 12.5. The van der Waals surface area contributed by atoms with Crippen LogP contribution in [0.1, 0.15) is 17.3 Å². The van der Waals surface area contributed by atoms with Gasteiger partial charge in [-0.25, -0.2) is 13.2 Å². The van der Waals surface area contributed by atoms with E-state index in [1.807, 2.05) is 6.92 Å². The SMILES string of the molecule is CC1CN(S(=O)(=O)c2ccc(C(=O)O)cc2Br)CCO1. The van der Waals surface area contributed by atoms with Crippen LogP contribution in [0.3, 0.4) is 0 Å². The number of hydrogen-bond acceptors (Lipinski definition) is 4. The quantitative estimate of drug-likeness (QED) is 0.880. The highest BCUT2D eigenvalue weighted by Gasteiger charge is 2.30. The van der Waals surface area contributed by atoms with Crippen LogP contribution in [-0.4, -0.2) is 49.6 Å². The summed E-state index contributed by atoms with van der Waals surface area (Å²) in [6, 6.07) is 3.88. The Morgan fingerprint density at radius 2 is 2.20 bits per heavy atom. The Balaban J connectivity index is 2.36. The number of hydrogen-bond donors (Lipinski definition) is 1. The molecule has 8 heteroatoms. The van der Waals surface area contributed by atoms with Crippen LogP contribution in [0.5, 0.6) is 0 Å². The molecule has 2 rings (SSSR count). The summed E-state index contributed by atoms with van der Waals surface area (Å²) in [5.41, 5.74) is 0.0335. The van der Waals surface area contributed by atoms with Gasteiger partial charge in [0.25, 0.3) is 0 Å². The summed E-state index contributed by atoms with van der Waals surface area (Å²) >= 11 is 3.13. The lowest BCUT2D eigenvalue weighted by atomic mass is 10.2. The molecule has 0 aromatic heterocycles. The highest BCUT2D eigenvalue weighted by atomic mass is 79.9. The predicted octanol–water partition coefficient (Wildman–Crippen LogP) is 1.56. The van der Waals surface area contributed by atoms with Crippen molar-refractivity contribution in [1.82, 2.24) is 4.31 Å². The minimum Gasteiger partial charge on any atom is -0.478 e. The average Bonchev–Trinajstić information content (AvgIpc) is 2.38. The monoisotopic (exact) mass is 363 g/mol. The second-order valence-electron chi connectivity index (χ2n) is 4.49. The van der Waals surface area contributed by atoms with Gasteiger partial charge in [0.1, 0.15) is 0 Å². The van der Waals surface area contributed by atoms with E-state index in [1.54, 1.807) is 0 Å². The van der Waals surface area contributed by atoms with Gasteiger partial charge in [0.15, 0.2) is 0 Å². The molecule has 6 nitrogen and oxygen atoms in total. The number of sulfonamides is 1. The zero-order valence-electron chi connectivity index (χ0n) is 10.7. The Morgan fingerprint density at radius 1 is 1.50 bits per heavy atom. The Kier molecular flexibility index (Phi) is 4.48. The Bertz CT molecular complexity index is 631. The summed E-state index contributed by atoms with van der Waals surface area (Å²) in [5.74, 6) is -1.10. The second kappa shape index (κ2) is 5.80. The van der Waals surface area contributed by atoms with Crippen molar-refractivity contribution in [1.29, 1.82) is 0 Å². The molecule has 1 saturated heterocycles. The van der Waals surface area contributed by atoms with Crippen molar-refractivity contribution in [3.63, 3.8) is 0 Å². The van der Waals surface area contributed by atoms with E-state index in [0.29, 0.717) is 13.2 Å². The third-order valence-corrected chi connectivity index (χ3v) is 5.84. The van der Waals surface area contributed by atoms with E-state index in [1.165, 1.54) is 22.5 Å². The molecule has 1 aliphatic rings. The van der Waals surface area contributed by atoms with Gasteiger partial charge in [-0.05, 0) is 41.1 Å². The summed E-state index contributed by atoms with van der Waals surface area (Å²) in [4.78, 5) is 10.9. The Labute approximate surface area is 125 Å². The molecular formula is C12H14BrNO5S. The van der Waals surface area contributed by atoms with Crippen LogP contribution >= 0.6 is 15.9 Å². The first kappa shape index (κ1) is 15.4. The van der Waals surface area contributed by atoms with Gasteiger partial charge in [-0.15, -0.1) is 0 Å². The van der Waals surface area contributed by atoms with E-state index >= 15 is 0 Å². The minimum absolute atomic E-state index is 0.0335. The van der Waals surface area contributed by atoms with Gasteiger partial charge in [-0.3, -0.25) is 0 Å². The average molecular weight is 364 g/mol. The molecule has 1 heterocycles. The third-order valence-electron chi connectivity index (χ3n) is 3.00. The maximum absolute atomic E-state index is 12.5. The maximum Gasteiger partial charge on any atom is 0.335 e. The van der Waals surface area contributed by atoms with Crippen LogP contribution in [0.25, 0.3) is 0 Å². The number of aromatic carboxylic acids is 1. The van der Waals surface area contributed by atoms with Gasteiger partial charge in [-0.1, -0.05) is 0 Å². The van der Waals surface area contributed by atoms with E-state index in [9.17, 15) is 13.2 Å². The summed E-state index contributed by atoms with van der Waals surface area (Å²) in [6.07, 6.45) is -0.157. The first-order valence-corrected chi connectivity index (χ1v) is 8.20. The van der Waals surface area contributed by atoms with E-state index in [4.69, 9.17) is 9.84 Å². The fourth-order valence-electron chi connectivity index (χ4n) is 1.99. The van der Waals surface area contributed by atoms with Crippen LogP contribution in [0.2, 0.25) is 0 Å². The van der Waals surface area contributed by atoms with Crippen molar-refractivity contribution < 1.29 is 23.1 Å². The van der Waals surface area contributed by atoms with Crippen LogP contribution in [0, 0.1) is 0 Å². The molecule has 1 aliphatic heterocycles. The van der Waals surface area contributed by atoms with Crippen LogP contribution in [0.4, 0.5) is 0 Å². The fourth-order valence-corrected chi connectivity index (χ4v) is 4.52. The first-order chi connectivity index (χ1) is 9.32. The first-order valence-electron chi connectivity index (χ1n) is 5.97. The van der Waals surface area contributed by atoms with E-state index in [2.05, 4.69) is 15.9 Å². The lowest BCUT2D eigenvalue weighted by Crippen LogP contribution is -2.44. The van der Waals surface area contributed by atoms with Gasteiger partial charge in [-0.2, -0.15) is 4.31 Å². The topological polar surface area (TPSA) is 83.9 Å². The molecule has 1 fully saturated rings. The molecule has 1 unspecified atom stereocenters. The third kappa shape index (κ3) is 3.03. The number of nitrogens with zero attached hydrogens (tertiary/aromatic N) is 1. The summed E-state index contributed by atoms with van der Waals surface area (Å²) in [7, 11) is -3.65. The van der Waals surface area contributed by atoms with Crippen molar-refractivity contribution in [2.24, 2.45) is 0 Å². The molecule has 0 aliphatic carbocycles. The number of carbonyl (C=O) groups is 1. The van der Waals surface area contributed by atoms with E-state index in [-0.39, 0.29) is 27.6 Å². The molecule has 1 atom stereocenters. The van der Waals surface area contributed by atoms with Gasteiger partial charge in [0, 0.05) is 17.6 Å². The van der Waals surface area contributed by atoms with Gasteiger partial charge < -0.3 is 9.84 Å². The number of rotatable bonds is 3. The van der Waals surface area contributed by atoms with Crippen LogP contribution < -0.4 is 0 Å². The van der Waals surface area contributed by atoms with Crippen molar-refractivity contribution in [3.8, 4) is 0 Å². The second-order valence-corrected chi connectivity index (χ2v) is 7.26. The fraction of sp³-hybridized carbons (Fsp3) is 0.417.